The first kappa shape index (κ1) is 16.8. The standard InChI is InChI=1S/C18H29N3O/c1-4-19-18(21-12-10-17(13-21)14-22-3)20-11-9-16-7-5-15(2)6-8-16/h5-8,17H,4,9-14H2,1-3H3,(H,19,20). The van der Waals surface area contributed by atoms with E-state index in [4.69, 9.17) is 9.73 Å². The quantitative estimate of drug-likeness (QED) is 0.648. The van der Waals surface area contributed by atoms with Gasteiger partial charge < -0.3 is 15.0 Å². The van der Waals surface area contributed by atoms with Crippen LogP contribution in [0.2, 0.25) is 0 Å². The SMILES string of the molecule is CCNC(=NCCc1ccc(C)cc1)N1CCC(COC)C1. The number of benzene rings is 1. The number of nitrogens with zero attached hydrogens (tertiary/aromatic N) is 2. The van der Waals surface area contributed by atoms with Crippen molar-refractivity contribution in [2.75, 3.05) is 39.9 Å². The average molecular weight is 303 g/mol. The lowest BCUT2D eigenvalue weighted by Crippen LogP contribution is -2.40. The molecule has 4 heteroatoms. The van der Waals surface area contributed by atoms with Crippen LogP contribution in [0, 0.1) is 12.8 Å². The number of methoxy groups -OCH3 is 1. The number of likely N-dealkylation sites (tertiary alicyclic amines) is 1. The Morgan fingerprint density at radius 1 is 1.36 bits per heavy atom. The summed E-state index contributed by atoms with van der Waals surface area (Å²) in [6.45, 7) is 8.95. The van der Waals surface area contributed by atoms with E-state index >= 15 is 0 Å². The molecule has 0 aliphatic carbocycles. The van der Waals surface area contributed by atoms with Crippen LogP contribution in [-0.2, 0) is 11.2 Å². The number of ether oxygens (including phenoxy) is 1. The van der Waals surface area contributed by atoms with E-state index in [2.05, 4.69) is 48.3 Å². The zero-order valence-electron chi connectivity index (χ0n) is 14.1. The van der Waals surface area contributed by atoms with Crippen molar-refractivity contribution in [2.24, 2.45) is 10.9 Å². The van der Waals surface area contributed by atoms with Crippen LogP contribution in [0.25, 0.3) is 0 Å². The van der Waals surface area contributed by atoms with Crippen molar-refractivity contribution in [2.45, 2.75) is 26.7 Å². The molecule has 1 heterocycles. The van der Waals surface area contributed by atoms with Crippen LogP contribution >= 0.6 is 0 Å². The van der Waals surface area contributed by atoms with Gasteiger partial charge in [0.2, 0.25) is 0 Å². The molecule has 0 radical (unpaired) electrons. The van der Waals surface area contributed by atoms with Crippen LogP contribution in [0.4, 0.5) is 0 Å². The van der Waals surface area contributed by atoms with Gasteiger partial charge in [0.1, 0.15) is 0 Å². The van der Waals surface area contributed by atoms with Crippen molar-refractivity contribution in [3.63, 3.8) is 0 Å². The first-order chi connectivity index (χ1) is 10.7. The van der Waals surface area contributed by atoms with Gasteiger partial charge in [0, 0.05) is 39.2 Å². The molecule has 1 aromatic rings. The predicted octanol–water partition coefficient (Wildman–Crippen LogP) is 2.47. The zero-order valence-corrected chi connectivity index (χ0v) is 14.1. The summed E-state index contributed by atoms with van der Waals surface area (Å²) in [7, 11) is 1.78. The summed E-state index contributed by atoms with van der Waals surface area (Å²) >= 11 is 0. The van der Waals surface area contributed by atoms with E-state index in [0.29, 0.717) is 5.92 Å². The highest BCUT2D eigenvalue weighted by atomic mass is 16.5. The molecule has 2 rings (SSSR count). The molecular formula is C18H29N3O. The van der Waals surface area contributed by atoms with Gasteiger partial charge in [0.15, 0.2) is 5.96 Å². The monoisotopic (exact) mass is 303 g/mol. The Kier molecular flexibility index (Phi) is 6.72. The molecule has 0 aromatic heterocycles. The molecule has 0 spiro atoms. The molecule has 1 fully saturated rings. The number of guanidine groups is 1. The van der Waals surface area contributed by atoms with Gasteiger partial charge in [-0.05, 0) is 32.3 Å². The smallest absolute Gasteiger partial charge is 0.193 e. The van der Waals surface area contributed by atoms with E-state index in [0.717, 1.165) is 45.2 Å². The third-order valence-electron chi connectivity index (χ3n) is 4.11. The van der Waals surface area contributed by atoms with E-state index in [-0.39, 0.29) is 0 Å². The molecular weight excluding hydrogens is 274 g/mol. The third-order valence-corrected chi connectivity index (χ3v) is 4.11. The number of aryl methyl sites for hydroxylation is 1. The second-order valence-electron chi connectivity index (χ2n) is 6.03. The Bertz CT molecular complexity index is 470. The number of hydrogen-bond acceptors (Lipinski definition) is 2. The number of hydrogen-bond donors (Lipinski definition) is 1. The highest BCUT2D eigenvalue weighted by Gasteiger charge is 2.24. The fraction of sp³-hybridized carbons (Fsp3) is 0.611. The molecule has 1 aromatic carbocycles. The summed E-state index contributed by atoms with van der Waals surface area (Å²) in [6, 6.07) is 8.73. The molecule has 0 amide bonds. The minimum Gasteiger partial charge on any atom is -0.384 e. The summed E-state index contributed by atoms with van der Waals surface area (Å²) < 4.78 is 5.28. The van der Waals surface area contributed by atoms with E-state index < -0.39 is 0 Å². The third kappa shape index (κ3) is 5.02. The normalized spacial score (nSPS) is 18.8. The van der Waals surface area contributed by atoms with Gasteiger partial charge in [0.25, 0.3) is 0 Å². The molecule has 1 unspecified atom stereocenters. The molecule has 1 N–H and O–H groups in total. The largest absolute Gasteiger partial charge is 0.384 e. The zero-order chi connectivity index (χ0) is 15.8. The lowest BCUT2D eigenvalue weighted by atomic mass is 10.1. The number of rotatable bonds is 6. The highest BCUT2D eigenvalue weighted by molar-refractivity contribution is 5.80. The van der Waals surface area contributed by atoms with Crippen LogP contribution in [0.3, 0.4) is 0 Å². The second-order valence-corrected chi connectivity index (χ2v) is 6.03. The van der Waals surface area contributed by atoms with Gasteiger partial charge in [0.05, 0.1) is 6.61 Å². The lowest BCUT2D eigenvalue weighted by molar-refractivity contribution is 0.157. The van der Waals surface area contributed by atoms with E-state index in [1.165, 1.54) is 17.5 Å². The Labute approximate surface area is 134 Å². The van der Waals surface area contributed by atoms with Crippen molar-refractivity contribution in [3.05, 3.63) is 35.4 Å². The Balaban J connectivity index is 1.88. The molecule has 1 atom stereocenters. The van der Waals surface area contributed by atoms with Crippen LogP contribution in [0.1, 0.15) is 24.5 Å². The topological polar surface area (TPSA) is 36.9 Å². The number of nitrogens with one attached hydrogen (secondary N) is 1. The van der Waals surface area contributed by atoms with Crippen LogP contribution in [0.5, 0.6) is 0 Å². The minimum absolute atomic E-state index is 0.631. The fourth-order valence-electron chi connectivity index (χ4n) is 2.87. The Morgan fingerprint density at radius 3 is 2.82 bits per heavy atom. The summed E-state index contributed by atoms with van der Waals surface area (Å²) in [5.74, 6) is 1.68. The average Bonchev–Trinajstić information content (AvgIpc) is 2.97. The van der Waals surface area contributed by atoms with Gasteiger partial charge in [-0.25, -0.2) is 0 Å². The first-order valence-corrected chi connectivity index (χ1v) is 8.30. The van der Waals surface area contributed by atoms with Gasteiger partial charge in [-0.2, -0.15) is 0 Å². The van der Waals surface area contributed by atoms with Crippen molar-refractivity contribution >= 4 is 5.96 Å². The Hall–Kier alpha value is -1.55. The van der Waals surface area contributed by atoms with E-state index in [9.17, 15) is 0 Å². The summed E-state index contributed by atoms with van der Waals surface area (Å²) in [5, 5.41) is 3.42. The van der Waals surface area contributed by atoms with Crippen molar-refractivity contribution in [1.82, 2.24) is 10.2 Å². The van der Waals surface area contributed by atoms with Gasteiger partial charge in [-0.15, -0.1) is 0 Å². The van der Waals surface area contributed by atoms with Crippen LogP contribution in [0.15, 0.2) is 29.3 Å². The van der Waals surface area contributed by atoms with Gasteiger partial charge in [-0.3, -0.25) is 4.99 Å². The van der Waals surface area contributed by atoms with Crippen molar-refractivity contribution in [1.29, 1.82) is 0 Å². The Morgan fingerprint density at radius 2 is 2.14 bits per heavy atom. The fourth-order valence-corrected chi connectivity index (χ4v) is 2.87. The van der Waals surface area contributed by atoms with Crippen molar-refractivity contribution < 1.29 is 4.74 Å². The van der Waals surface area contributed by atoms with Crippen molar-refractivity contribution in [3.8, 4) is 0 Å². The predicted molar refractivity (Wildman–Crippen MR) is 92.4 cm³/mol. The summed E-state index contributed by atoms with van der Waals surface area (Å²) in [5.41, 5.74) is 2.66. The first-order valence-electron chi connectivity index (χ1n) is 8.30. The van der Waals surface area contributed by atoms with Gasteiger partial charge in [-0.1, -0.05) is 29.8 Å². The molecule has 22 heavy (non-hydrogen) atoms. The molecule has 4 nitrogen and oxygen atoms in total. The number of aliphatic imine (C=N–C) groups is 1. The second kappa shape index (κ2) is 8.79. The summed E-state index contributed by atoms with van der Waals surface area (Å²) in [6.07, 6.45) is 2.18. The molecule has 1 aliphatic rings. The maximum Gasteiger partial charge on any atom is 0.193 e. The molecule has 122 valence electrons. The van der Waals surface area contributed by atoms with E-state index in [1.807, 2.05) is 0 Å². The van der Waals surface area contributed by atoms with E-state index in [1.54, 1.807) is 7.11 Å². The van der Waals surface area contributed by atoms with Crippen LogP contribution in [-0.4, -0.2) is 50.8 Å². The summed E-state index contributed by atoms with van der Waals surface area (Å²) in [4.78, 5) is 7.16. The lowest BCUT2D eigenvalue weighted by Gasteiger charge is -2.21. The molecule has 0 bridgehead atoms. The molecule has 0 saturated carbocycles. The highest BCUT2D eigenvalue weighted by Crippen LogP contribution is 2.16. The maximum atomic E-state index is 5.28. The molecule has 1 aliphatic heterocycles. The molecule has 1 saturated heterocycles. The minimum atomic E-state index is 0.631. The van der Waals surface area contributed by atoms with Gasteiger partial charge >= 0.3 is 0 Å². The van der Waals surface area contributed by atoms with Crippen LogP contribution < -0.4 is 5.32 Å². The maximum absolute atomic E-state index is 5.28.